The molecule has 19 heavy (non-hydrogen) atoms. The van der Waals surface area contributed by atoms with Crippen LogP contribution in [0.4, 0.5) is 0 Å². The Bertz CT molecular complexity index is 294. The Morgan fingerprint density at radius 2 is 1.84 bits per heavy atom. The number of hydrogen-bond donors (Lipinski definition) is 2. The maximum atomic E-state index is 12.2. The van der Waals surface area contributed by atoms with Crippen LogP contribution in [0.25, 0.3) is 0 Å². The molecule has 1 amide bonds. The lowest BCUT2D eigenvalue weighted by molar-refractivity contribution is -0.127. The summed E-state index contributed by atoms with van der Waals surface area (Å²) >= 11 is 0. The molecule has 0 aromatic carbocycles. The van der Waals surface area contributed by atoms with Crippen LogP contribution < -0.4 is 11.1 Å². The summed E-state index contributed by atoms with van der Waals surface area (Å²) in [6.45, 7) is 1.66. The summed E-state index contributed by atoms with van der Waals surface area (Å²) in [5, 5.41) is 3.04. The highest BCUT2D eigenvalue weighted by Gasteiger charge is 2.34. The van der Waals surface area contributed by atoms with Gasteiger partial charge in [-0.15, -0.1) is 0 Å². The van der Waals surface area contributed by atoms with Crippen molar-refractivity contribution in [2.24, 2.45) is 5.73 Å². The smallest absolute Gasteiger partial charge is 0.240 e. The van der Waals surface area contributed by atoms with E-state index in [0.717, 1.165) is 44.8 Å². The van der Waals surface area contributed by atoms with Crippen molar-refractivity contribution < 1.29 is 4.79 Å². The van der Waals surface area contributed by atoms with E-state index < -0.39 is 5.54 Å². The van der Waals surface area contributed by atoms with Crippen molar-refractivity contribution in [2.75, 3.05) is 20.1 Å². The Kier molecular flexibility index (Phi) is 5.22. The maximum absolute atomic E-state index is 12.2. The molecular formula is C15H29N3O. The van der Waals surface area contributed by atoms with E-state index in [1.165, 1.54) is 32.1 Å². The van der Waals surface area contributed by atoms with Gasteiger partial charge in [0.05, 0.1) is 5.54 Å². The fourth-order valence-electron chi connectivity index (χ4n) is 3.46. The van der Waals surface area contributed by atoms with Gasteiger partial charge >= 0.3 is 0 Å². The first-order valence-electron chi connectivity index (χ1n) is 7.89. The third-order valence-corrected chi connectivity index (χ3v) is 4.90. The molecule has 4 nitrogen and oxygen atoms in total. The molecule has 4 heteroatoms. The predicted molar refractivity (Wildman–Crippen MR) is 77.9 cm³/mol. The van der Waals surface area contributed by atoms with Gasteiger partial charge in [-0.3, -0.25) is 4.79 Å². The Hall–Kier alpha value is -0.610. The molecule has 3 N–H and O–H groups in total. The number of likely N-dealkylation sites (N-methyl/N-ethyl adjacent to an activating group) is 1. The first kappa shape index (κ1) is 14.8. The quantitative estimate of drug-likeness (QED) is 0.796. The lowest BCUT2D eigenvalue weighted by Crippen LogP contribution is -2.55. The number of carbonyl (C=O) groups excluding carboxylic acids is 1. The second kappa shape index (κ2) is 6.71. The van der Waals surface area contributed by atoms with Crippen molar-refractivity contribution in [3.8, 4) is 0 Å². The van der Waals surface area contributed by atoms with Crippen molar-refractivity contribution in [3.05, 3.63) is 0 Å². The van der Waals surface area contributed by atoms with Crippen LogP contribution in [0.1, 0.15) is 57.8 Å². The van der Waals surface area contributed by atoms with E-state index in [9.17, 15) is 4.79 Å². The van der Waals surface area contributed by atoms with Crippen molar-refractivity contribution in [1.29, 1.82) is 0 Å². The summed E-state index contributed by atoms with van der Waals surface area (Å²) < 4.78 is 0. The van der Waals surface area contributed by atoms with E-state index in [1.54, 1.807) is 0 Å². The second-order valence-electron chi connectivity index (χ2n) is 6.39. The number of hydrogen-bond acceptors (Lipinski definition) is 3. The zero-order chi connectivity index (χ0) is 13.7. The summed E-state index contributed by atoms with van der Waals surface area (Å²) in [5.41, 5.74) is 5.62. The van der Waals surface area contributed by atoms with Gasteiger partial charge in [0, 0.05) is 19.1 Å². The van der Waals surface area contributed by atoms with Gasteiger partial charge in [-0.2, -0.15) is 0 Å². The summed E-state index contributed by atoms with van der Waals surface area (Å²) in [4.78, 5) is 14.6. The van der Waals surface area contributed by atoms with Gasteiger partial charge < -0.3 is 16.0 Å². The third-order valence-electron chi connectivity index (χ3n) is 4.90. The number of carbonyl (C=O) groups is 1. The summed E-state index contributed by atoms with van der Waals surface area (Å²) in [6.07, 6.45) is 10.4. The highest BCUT2D eigenvalue weighted by atomic mass is 16.2. The number of nitrogens with zero attached hydrogens (tertiary/aromatic N) is 1. The molecule has 0 aromatic rings. The van der Waals surface area contributed by atoms with Crippen molar-refractivity contribution in [2.45, 2.75) is 69.4 Å². The van der Waals surface area contributed by atoms with Gasteiger partial charge in [-0.25, -0.2) is 0 Å². The van der Waals surface area contributed by atoms with E-state index in [4.69, 9.17) is 5.73 Å². The van der Waals surface area contributed by atoms with Crippen LogP contribution in [0.5, 0.6) is 0 Å². The molecule has 110 valence electrons. The van der Waals surface area contributed by atoms with Crippen LogP contribution in [0, 0.1) is 0 Å². The van der Waals surface area contributed by atoms with Crippen LogP contribution in [0.3, 0.4) is 0 Å². The third kappa shape index (κ3) is 3.93. The van der Waals surface area contributed by atoms with Crippen LogP contribution in [0.15, 0.2) is 0 Å². The van der Waals surface area contributed by atoms with Gasteiger partial charge in [0.2, 0.25) is 5.91 Å². The minimum atomic E-state index is -0.593. The van der Waals surface area contributed by atoms with E-state index in [2.05, 4.69) is 17.3 Å². The second-order valence-corrected chi connectivity index (χ2v) is 6.39. The molecule has 2 fully saturated rings. The Labute approximate surface area is 117 Å². The zero-order valence-corrected chi connectivity index (χ0v) is 12.3. The molecule has 2 aliphatic rings. The lowest BCUT2D eigenvalue weighted by atomic mass is 9.82. The van der Waals surface area contributed by atoms with E-state index in [1.807, 2.05) is 0 Å². The largest absolute Gasteiger partial charge is 0.353 e. The molecule has 0 spiro atoms. The molecule has 0 unspecified atom stereocenters. The lowest BCUT2D eigenvalue weighted by Gasteiger charge is -2.32. The van der Waals surface area contributed by atoms with Crippen molar-refractivity contribution in [3.63, 3.8) is 0 Å². The highest BCUT2D eigenvalue weighted by Crippen LogP contribution is 2.26. The Morgan fingerprint density at radius 3 is 2.47 bits per heavy atom. The normalized spacial score (nSPS) is 23.7. The molecule has 0 heterocycles. The topological polar surface area (TPSA) is 58.4 Å². The van der Waals surface area contributed by atoms with E-state index in [-0.39, 0.29) is 5.91 Å². The van der Waals surface area contributed by atoms with E-state index in [0.29, 0.717) is 0 Å². The van der Waals surface area contributed by atoms with Crippen LogP contribution in [0.2, 0.25) is 0 Å². The van der Waals surface area contributed by atoms with Gasteiger partial charge in [-0.05, 0) is 32.7 Å². The average molecular weight is 267 g/mol. The fraction of sp³-hybridized carbons (Fsp3) is 0.933. The van der Waals surface area contributed by atoms with Crippen LogP contribution in [-0.4, -0.2) is 42.5 Å². The highest BCUT2D eigenvalue weighted by molar-refractivity contribution is 5.86. The average Bonchev–Trinajstić information content (AvgIpc) is 2.93. The molecule has 0 radical (unpaired) electrons. The van der Waals surface area contributed by atoms with E-state index >= 15 is 0 Å². The monoisotopic (exact) mass is 267 g/mol. The molecule has 0 saturated heterocycles. The first-order chi connectivity index (χ1) is 9.12. The Balaban J connectivity index is 1.68. The van der Waals surface area contributed by atoms with Crippen LogP contribution >= 0.6 is 0 Å². The minimum absolute atomic E-state index is 0.0621. The van der Waals surface area contributed by atoms with Crippen molar-refractivity contribution in [1.82, 2.24) is 10.2 Å². The molecule has 0 aliphatic heterocycles. The SMILES string of the molecule is CN(CCNC(=O)C1(N)CCCCC1)C1CCCC1. The molecule has 2 rings (SSSR count). The van der Waals surface area contributed by atoms with Gasteiger partial charge in [0.25, 0.3) is 0 Å². The predicted octanol–water partition coefficient (Wildman–Crippen LogP) is 1.64. The van der Waals surface area contributed by atoms with Crippen LogP contribution in [-0.2, 0) is 4.79 Å². The van der Waals surface area contributed by atoms with Gasteiger partial charge in [0.1, 0.15) is 0 Å². The molecule has 2 aliphatic carbocycles. The zero-order valence-electron chi connectivity index (χ0n) is 12.3. The molecular weight excluding hydrogens is 238 g/mol. The number of nitrogens with two attached hydrogens (primary N) is 1. The van der Waals surface area contributed by atoms with Crippen molar-refractivity contribution >= 4 is 5.91 Å². The fourth-order valence-corrected chi connectivity index (χ4v) is 3.46. The summed E-state index contributed by atoms with van der Waals surface area (Å²) in [5.74, 6) is 0.0621. The minimum Gasteiger partial charge on any atom is -0.353 e. The number of amides is 1. The first-order valence-corrected chi connectivity index (χ1v) is 7.89. The molecule has 0 bridgehead atoms. The standard InChI is InChI=1S/C15H29N3O/c1-18(13-7-3-4-8-13)12-11-17-14(19)15(16)9-5-2-6-10-15/h13H,2-12,16H2,1H3,(H,17,19). The molecule has 0 aromatic heterocycles. The van der Waals surface area contributed by atoms with Gasteiger partial charge in [-0.1, -0.05) is 32.1 Å². The molecule has 2 saturated carbocycles. The molecule has 0 atom stereocenters. The Morgan fingerprint density at radius 1 is 1.21 bits per heavy atom. The van der Waals surface area contributed by atoms with Gasteiger partial charge in [0.15, 0.2) is 0 Å². The number of rotatable bonds is 5. The summed E-state index contributed by atoms with van der Waals surface area (Å²) in [6, 6.07) is 0.721. The maximum Gasteiger partial charge on any atom is 0.240 e. The number of nitrogens with one attached hydrogen (secondary N) is 1. The summed E-state index contributed by atoms with van der Waals surface area (Å²) in [7, 11) is 2.17.